The molecule has 7 heteroatoms. The van der Waals surface area contributed by atoms with Gasteiger partial charge in [0.25, 0.3) is 5.91 Å². The number of nitrogens with zero attached hydrogens (tertiary/aromatic N) is 2. The van der Waals surface area contributed by atoms with E-state index < -0.39 is 12.0 Å². The van der Waals surface area contributed by atoms with Crippen LogP contribution in [0.2, 0.25) is 5.15 Å². The van der Waals surface area contributed by atoms with Crippen molar-refractivity contribution in [2.75, 3.05) is 5.75 Å². The summed E-state index contributed by atoms with van der Waals surface area (Å²) in [5.41, 5.74) is 0.347. The fraction of sp³-hybridized carbons (Fsp3) is 0.364. The van der Waals surface area contributed by atoms with Gasteiger partial charge in [0, 0.05) is 11.9 Å². The molecule has 0 radical (unpaired) electrons. The zero-order valence-corrected chi connectivity index (χ0v) is 11.1. The number of aliphatic carboxylic acids is 1. The average Bonchev–Trinajstić information content (AvgIpc) is 2.71. The van der Waals surface area contributed by atoms with Crippen LogP contribution in [0.1, 0.15) is 17.3 Å². The number of aromatic nitrogens is 1. The lowest BCUT2D eigenvalue weighted by Gasteiger charge is -2.24. The quantitative estimate of drug-likeness (QED) is 0.838. The van der Waals surface area contributed by atoms with Crippen LogP contribution in [-0.4, -0.2) is 44.0 Å². The fourth-order valence-corrected chi connectivity index (χ4v) is 3.07. The summed E-state index contributed by atoms with van der Waals surface area (Å²) in [6.07, 6.45) is 1.36. The highest BCUT2D eigenvalue weighted by Gasteiger charge is 2.39. The van der Waals surface area contributed by atoms with Crippen molar-refractivity contribution in [3.05, 3.63) is 29.0 Å². The molecule has 0 aromatic carbocycles. The predicted octanol–water partition coefficient (Wildman–Crippen LogP) is 1.72. The number of pyridine rings is 1. The summed E-state index contributed by atoms with van der Waals surface area (Å²) in [5, 5.41) is 9.24. The van der Waals surface area contributed by atoms with E-state index in [-0.39, 0.29) is 11.3 Å². The second-order valence-electron chi connectivity index (χ2n) is 3.87. The molecule has 0 aliphatic carbocycles. The Morgan fingerprint density at radius 1 is 1.56 bits per heavy atom. The van der Waals surface area contributed by atoms with Crippen LogP contribution in [0.25, 0.3) is 0 Å². The molecule has 1 saturated heterocycles. The molecule has 18 heavy (non-hydrogen) atoms. The second-order valence-corrected chi connectivity index (χ2v) is 5.60. The smallest absolute Gasteiger partial charge is 0.327 e. The first-order valence-corrected chi connectivity index (χ1v) is 6.72. The van der Waals surface area contributed by atoms with Gasteiger partial charge in [0.15, 0.2) is 0 Å². The molecule has 1 amide bonds. The van der Waals surface area contributed by atoms with Crippen molar-refractivity contribution >= 4 is 35.2 Å². The fourth-order valence-electron chi connectivity index (χ4n) is 1.79. The number of hydrogen-bond acceptors (Lipinski definition) is 4. The minimum Gasteiger partial charge on any atom is -0.480 e. The van der Waals surface area contributed by atoms with Crippen molar-refractivity contribution in [3.8, 4) is 0 Å². The van der Waals surface area contributed by atoms with E-state index in [2.05, 4.69) is 4.98 Å². The van der Waals surface area contributed by atoms with E-state index in [1.807, 2.05) is 6.92 Å². The molecule has 1 aromatic heterocycles. The number of carboxylic acids is 1. The normalized spacial score (nSPS) is 23.1. The van der Waals surface area contributed by atoms with E-state index in [4.69, 9.17) is 16.7 Å². The average molecular weight is 287 g/mol. The molecule has 0 saturated carbocycles. The molecule has 1 N–H and O–H groups in total. The minimum atomic E-state index is -0.984. The third kappa shape index (κ3) is 2.44. The summed E-state index contributed by atoms with van der Waals surface area (Å²) in [5.74, 6) is -0.908. The Kier molecular flexibility index (Phi) is 3.77. The summed E-state index contributed by atoms with van der Waals surface area (Å²) in [6.45, 7) is 1.81. The van der Waals surface area contributed by atoms with Crippen LogP contribution in [0, 0.1) is 0 Å². The van der Waals surface area contributed by atoms with Crippen LogP contribution in [-0.2, 0) is 4.79 Å². The van der Waals surface area contributed by atoms with Crippen LogP contribution < -0.4 is 0 Å². The van der Waals surface area contributed by atoms with E-state index in [9.17, 15) is 9.59 Å². The lowest BCUT2D eigenvalue weighted by molar-refractivity contribution is -0.141. The summed E-state index contributed by atoms with van der Waals surface area (Å²) in [7, 11) is 0. The zero-order chi connectivity index (χ0) is 13.3. The maximum Gasteiger partial charge on any atom is 0.327 e. The molecule has 1 fully saturated rings. The topological polar surface area (TPSA) is 70.5 Å². The Morgan fingerprint density at radius 2 is 2.28 bits per heavy atom. The Bertz CT molecular complexity index is 480. The van der Waals surface area contributed by atoms with Gasteiger partial charge in [0.1, 0.15) is 11.2 Å². The van der Waals surface area contributed by atoms with Crippen LogP contribution in [0.15, 0.2) is 18.3 Å². The molecule has 2 heterocycles. The molecule has 1 aliphatic rings. The molecule has 1 aromatic rings. The molecular formula is C11H11ClN2O3S. The molecular weight excluding hydrogens is 276 g/mol. The molecule has 2 atom stereocenters. The molecule has 0 spiro atoms. The van der Waals surface area contributed by atoms with Gasteiger partial charge in [-0.2, -0.15) is 0 Å². The van der Waals surface area contributed by atoms with Crippen LogP contribution in [0.5, 0.6) is 0 Å². The van der Waals surface area contributed by atoms with Gasteiger partial charge in [0.2, 0.25) is 0 Å². The van der Waals surface area contributed by atoms with Gasteiger partial charge >= 0.3 is 5.97 Å². The van der Waals surface area contributed by atoms with Gasteiger partial charge in [-0.25, -0.2) is 9.78 Å². The van der Waals surface area contributed by atoms with Gasteiger partial charge in [-0.1, -0.05) is 11.6 Å². The van der Waals surface area contributed by atoms with E-state index in [0.717, 1.165) is 0 Å². The largest absolute Gasteiger partial charge is 0.480 e. The van der Waals surface area contributed by atoms with Crippen molar-refractivity contribution in [3.63, 3.8) is 0 Å². The van der Waals surface area contributed by atoms with Gasteiger partial charge in [-0.3, -0.25) is 4.79 Å². The van der Waals surface area contributed by atoms with Crippen molar-refractivity contribution in [2.45, 2.75) is 18.3 Å². The highest BCUT2D eigenvalue weighted by atomic mass is 35.5. The zero-order valence-electron chi connectivity index (χ0n) is 9.54. The van der Waals surface area contributed by atoms with E-state index in [0.29, 0.717) is 16.5 Å². The highest BCUT2D eigenvalue weighted by Crippen LogP contribution is 2.30. The first kappa shape index (κ1) is 13.2. The summed E-state index contributed by atoms with van der Waals surface area (Å²) < 4.78 is 0. The molecule has 2 unspecified atom stereocenters. The first-order chi connectivity index (χ1) is 8.50. The van der Waals surface area contributed by atoms with Gasteiger partial charge in [-0.05, 0) is 19.1 Å². The number of rotatable bonds is 2. The molecule has 1 aliphatic heterocycles. The summed E-state index contributed by atoms with van der Waals surface area (Å²) >= 11 is 7.10. The Hall–Kier alpha value is -1.27. The number of halogens is 1. The van der Waals surface area contributed by atoms with Crippen molar-refractivity contribution < 1.29 is 14.7 Å². The summed E-state index contributed by atoms with van der Waals surface area (Å²) in [4.78, 5) is 28.6. The van der Waals surface area contributed by atoms with E-state index >= 15 is 0 Å². The second kappa shape index (κ2) is 5.16. The number of hydrogen-bond donors (Lipinski definition) is 1. The Balaban J connectivity index is 2.26. The third-order valence-electron chi connectivity index (χ3n) is 2.72. The third-order valence-corrected chi connectivity index (χ3v) is 4.16. The minimum absolute atomic E-state index is 0.158. The number of carbonyl (C=O) groups is 2. The maximum absolute atomic E-state index is 12.2. The number of carbonyl (C=O) groups excluding carboxylic acids is 1. The highest BCUT2D eigenvalue weighted by molar-refractivity contribution is 8.00. The molecule has 2 rings (SSSR count). The summed E-state index contributed by atoms with van der Waals surface area (Å²) in [6, 6.07) is 2.28. The lowest BCUT2D eigenvalue weighted by Crippen LogP contribution is -2.44. The molecule has 0 bridgehead atoms. The maximum atomic E-state index is 12.2. The van der Waals surface area contributed by atoms with Crippen LogP contribution >= 0.6 is 23.4 Å². The van der Waals surface area contributed by atoms with Crippen molar-refractivity contribution in [1.82, 2.24) is 9.88 Å². The number of thioether (sulfide) groups is 1. The number of carboxylic acid groups (broad SMARTS) is 1. The van der Waals surface area contributed by atoms with Crippen molar-refractivity contribution in [1.29, 1.82) is 0 Å². The monoisotopic (exact) mass is 286 g/mol. The first-order valence-electron chi connectivity index (χ1n) is 5.29. The Morgan fingerprint density at radius 3 is 2.83 bits per heavy atom. The molecule has 5 nitrogen and oxygen atoms in total. The lowest BCUT2D eigenvalue weighted by atomic mass is 10.2. The van der Waals surface area contributed by atoms with Crippen LogP contribution in [0.3, 0.4) is 0 Å². The van der Waals surface area contributed by atoms with Gasteiger partial charge in [-0.15, -0.1) is 11.8 Å². The SMILES string of the molecule is CC1SCC(C(=O)O)N1C(=O)c1ccc(Cl)nc1. The van der Waals surface area contributed by atoms with E-state index in [1.54, 1.807) is 6.07 Å². The Labute approximate surface area is 113 Å². The molecule has 96 valence electrons. The van der Waals surface area contributed by atoms with Crippen molar-refractivity contribution in [2.24, 2.45) is 0 Å². The van der Waals surface area contributed by atoms with E-state index in [1.165, 1.54) is 28.9 Å². The predicted molar refractivity (Wildman–Crippen MR) is 68.8 cm³/mol. The number of amides is 1. The van der Waals surface area contributed by atoms with Crippen LogP contribution in [0.4, 0.5) is 0 Å². The standard InChI is InChI=1S/C11H11ClN2O3S/c1-6-14(8(5-18-6)11(16)17)10(15)7-2-3-9(12)13-4-7/h2-4,6,8H,5H2,1H3,(H,16,17). The van der Waals surface area contributed by atoms with Gasteiger partial charge < -0.3 is 10.0 Å². The van der Waals surface area contributed by atoms with Gasteiger partial charge in [0.05, 0.1) is 10.9 Å².